The number of nitrogens with two attached hydrogens (primary N) is 1. The molecule has 18 heavy (non-hydrogen) atoms. The van der Waals surface area contributed by atoms with Gasteiger partial charge in [0.15, 0.2) is 0 Å². The van der Waals surface area contributed by atoms with Crippen LogP contribution in [0.3, 0.4) is 0 Å². The van der Waals surface area contributed by atoms with Crippen molar-refractivity contribution in [1.82, 2.24) is 4.98 Å². The summed E-state index contributed by atoms with van der Waals surface area (Å²) in [6.45, 7) is 1.89. The van der Waals surface area contributed by atoms with Crippen molar-refractivity contribution in [1.29, 1.82) is 5.26 Å². The predicted octanol–water partition coefficient (Wildman–Crippen LogP) is 2.77. The molecule has 0 amide bonds. The Kier molecular flexibility index (Phi) is 3.56. The number of nitriles is 1. The third-order valence-electron chi connectivity index (χ3n) is 2.51. The molecule has 0 aliphatic rings. The van der Waals surface area contributed by atoms with Gasteiger partial charge >= 0.3 is 0 Å². The van der Waals surface area contributed by atoms with Crippen molar-refractivity contribution >= 4 is 0 Å². The molecule has 0 saturated heterocycles. The molecule has 2 N–H and O–H groups in total. The molecule has 1 atom stereocenters. The summed E-state index contributed by atoms with van der Waals surface area (Å²) in [5.41, 5.74) is 7.21. The SMILES string of the molecule is C[C@@H](N)c1ccnc(Oc2ccccc2C#N)c1. The number of hydrogen-bond donors (Lipinski definition) is 1. The zero-order valence-electron chi connectivity index (χ0n) is 10.00. The molecule has 90 valence electrons. The minimum atomic E-state index is -0.0819. The number of para-hydroxylation sites is 1. The van der Waals surface area contributed by atoms with Gasteiger partial charge in [-0.1, -0.05) is 12.1 Å². The Morgan fingerprint density at radius 2 is 2.11 bits per heavy atom. The quantitative estimate of drug-likeness (QED) is 0.893. The van der Waals surface area contributed by atoms with E-state index in [1.54, 1.807) is 30.5 Å². The number of aromatic nitrogens is 1. The van der Waals surface area contributed by atoms with Gasteiger partial charge in [-0.15, -0.1) is 0 Å². The molecule has 1 heterocycles. The second kappa shape index (κ2) is 5.30. The van der Waals surface area contributed by atoms with Gasteiger partial charge in [-0.05, 0) is 30.7 Å². The number of benzene rings is 1. The maximum Gasteiger partial charge on any atom is 0.219 e. The average Bonchev–Trinajstić information content (AvgIpc) is 2.39. The molecule has 0 spiro atoms. The van der Waals surface area contributed by atoms with E-state index < -0.39 is 0 Å². The molecule has 0 unspecified atom stereocenters. The van der Waals surface area contributed by atoms with Gasteiger partial charge in [-0.2, -0.15) is 5.26 Å². The highest BCUT2D eigenvalue weighted by molar-refractivity contribution is 5.44. The standard InChI is InChI=1S/C14H13N3O/c1-10(16)11-6-7-17-14(8-11)18-13-5-3-2-4-12(13)9-15/h2-8,10H,16H2,1H3/t10-/m1/s1. The molecule has 0 saturated carbocycles. The highest BCUT2D eigenvalue weighted by Gasteiger charge is 2.06. The van der Waals surface area contributed by atoms with Crippen LogP contribution >= 0.6 is 0 Å². The summed E-state index contributed by atoms with van der Waals surface area (Å²) in [6, 6.07) is 12.6. The van der Waals surface area contributed by atoms with E-state index in [-0.39, 0.29) is 6.04 Å². The lowest BCUT2D eigenvalue weighted by molar-refractivity contribution is 0.460. The zero-order chi connectivity index (χ0) is 13.0. The smallest absolute Gasteiger partial charge is 0.219 e. The van der Waals surface area contributed by atoms with Gasteiger partial charge in [0.05, 0.1) is 5.56 Å². The molecule has 0 radical (unpaired) electrons. The van der Waals surface area contributed by atoms with Crippen molar-refractivity contribution in [3.05, 3.63) is 53.7 Å². The van der Waals surface area contributed by atoms with Crippen molar-refractivity contribution in [3.8, 4) is 17.7 Å². The Balaban J connectivity index is 2.29. The highest BCUT2D eigenvalue weighted by atomic mass is 16.5. The first-order chi connectivity index (χ1) is 8.70. The van der Waals surface area contributed by atoms with Crippen LogP contribution in [0.5, 0.6) is 11.6 Å². The fourth-order valence-corrected chi connectivity index (χ4v) is 1.52. The maximum absolute atomic E-state index is 8.97. The Morgan fingerprint density at radius 1 is 1.33 bits per heavy atom. The molecule has 1 aromatic carbocycles. The molecule has 2 rings (SSSR count). The molecular formula is C14H13N3O. The molecule has 0 aliphatic heterocycles. The summed E-state index contributed by atoms with van der Waals surface area (Å²) in [6.07, 6.45) is 1.64. The van der Waals surface area contributed by atoms with Crippen LogP contribution in [0.4, 0.5) is 0 Å². The summed E-state index contributed by atoms with van der Waals surface area (Å²) in [5.74, 6) is 0.932. The first kappa shape index (κ1) is 12.1. The van der Waals surface area contributed by atoms with Crippen LogP contribution in [-0.2, 0) is 0 Å². The van der Waals surface area contributed by atoms with Crippen LogP contribution in [0.15, 0.2) is 42.6 Å². The first-order valence-electron chi connectivity index (χ1n) is 5.59. The summed E-state index contributed by atoms with van der Waals surface area (Å²) in [7, 11) is 0. The third kappa shape index (κ3) is 2.65. The van der Waals surface area contributed by atoms with Gasteiger partial charge < -0.3 is 10.5 Å². The van der Waals surface area contributed by atoms with E-state index in [1.807, 2.05) is 19.1 Å². The van der Waals surface area contributed by atoms with E-state index in [2.05, 4.69) is 11.1 Å². The maximum atomic E-state index is 8.97. The monoisotopic (exact) mass is 239 g/mol. The number of ether oxygens (including phenoxy) is 1. The molecule has 4 heteroatoms. The summed E-state index contributed by atoms with van der Waals surface area (Å²) in [5, 5.41) is 8.97. The van der Waals surface area contributed by atoms with Gasteiger partial charge in [-0.3, -0.25) is 0 Å². The number of pyridine rings is 1. The zero-order valence-corrected chi connectivity index (χ0v) is 10.00. The van der Waals surface area contributed by atoms with Crippen molar-refractivity contribution in [3.63, 3.8) is 0 Å². The Morgan fingerprint density at radius 3 is 2.83 bits per heavy atom. The minimum absolute atomic E-state index is 0.0819. The summed E-state index contributed by atoms with van der Waals surface area (Å²) >= 11 is 0. The van der Waals surface area contributed by atoms with Gasteiger partial charge in [-0.25, -0.2) is 4.98 Å². The van der Waals surface area contributed by atoms with E-state index in [1.165, 1.54) is 0 Å². The minimum Gasteiger partial charge on any atom is -0.438 e. The van der Waals surface area contributed by atoms with Crippen LogP contribution in [0.2, 0.25) is 0 Å². The summed E-state index contributed by atoms with van der Waals surface area (Å²) < 4.78 is 5.60. The second-order valence-corrected chi connectivity index (χ2v) is 3.93. The molecular weight excluding hydrogens is 226 g/mol. The second-order valence-electron chi connectivity index (χ2n) is 3.93. The van der Waals surface area contributed by atoms with Gasteiger partial charge in [0.2, 0.25) is 5.88 Å². The normalized spacial score (nSPS) is 11.6. The van der Waals surface area contributed by atoms with Crippen LogP contribution < -0.4 is 10.5 Å². The lowest BCUT2D eigenvalue weighted by Gasteiger charge is -2.09. The fourth-order valence-electron chi connectivity index (χ4n) is 1.52. The van der Waals surface area contributed by atoms with Crippen molar-refractivity contribution < 1.29 is 4.74 Å². The van der Waals surface area contributed by atoms with Gasteiger partial charge in [0.1, 0.15) is 11.8 Å². The van der Waals surface area contributed by atoms with Crippen LogP contribution in [0, 0.1) is 11.3 Å². The molecule has 4 nitrogen and oxygen atoms in total. The number of nitrogens with zero attached hydrogens (tertiary/aromatic N) is 2. The van der Waals surface area contributed by atoms with E-state index in [9.17, 15) is 0 Å². The van der Waals surface area contributed by atoms with Crippen LogP contribution in [0.1, 0.15) is 24.1 Å². The Hall–Kier alpha value is -2.38. The first-order valence-corrected chi connectivity index (χ1v) is 5.59. The lowest BCUT2D eigenvalue weighted by atomic mass is 10.1. The number of rotatable bonds is 3. The van der Waals surface area contributed by atoms with Crippen LogP contribution in [0.25, 0.3) is 0 Å². The van der Waals surface area contributed by atoms with E-state index in [0.717, 1.165) is 5.56 Å². The average molecular weight is 239 g/mol. The molecule has 0 aliphatic carbocycles. The van der Waals surface area contributed by atoms with Gasteiger partial charge in [0.25, 0.3) is 0 Å². The highest BCUT2D eigenvalue weighted by Crippen LogP contribution is 2.24. The van der Waals surface area contributed by atoms with Crippen LogP contribution in [-0.4, -0.2) is 4.98 Å². The Bertz CT molecular complexity index is 588. The topological polar surface area (TPSA) is 71.9 Å². The molecule has 0 bridgehead atoms. The van der Waals surface area contributed by atoms with Crippen molar-refractivity contribution in [2.24, 2.45) is 5.73 Å². The van der Waals surface area contributed by atoms with Crippen molar-refractivity contribution in [2.75, 3.05) is 0 Å². The lowest BCUT2D eigenvalue weighted by Crippen LogP contribution is -2.05. The fraction of sp³-hybridized carbons (Fsp3) is 0.143. The predicted molar refractivity (Wildman–Crippen MR) is 68.1 cm³/mol. The number of hydrogen-bond acceptors (Lipinski definition) is 4. The Labute approximate surface area is 106 Å². The van der Waals surface area contributed by atoms with Crippen molar-refractivity contribution in [2.45, 2.75) is 13.0 Å². The summed E-state index contributed by atoms with van der Waals surface area (Å²) in [4.78, 5) is 4.11. The molecule has 0 fully saturated rings. The van der Waals surface area contributed by atoms with Gasteiger partial charge in [0, 0.05) is 18.3 Å². The molecule has 1 aromatic heterocycles. The molecule has 2 aromatic rings. The van der Waals surface area contributed by atoms with E-state index in [0.29, 0.717) is 17.2 Å². The largest absolute Gasteiger partial charge is 0.438 e. The van der Waals surface area contributed by atoms with E-state index in [4.69, 9.17) is 15.7 Å². The van der Waals surface area contributed by atoms with E-state index >= 15 is 0 Å². The third-order valence-corrected chi connectivity index (χ3v) is 2.51.